The molecule has 3 aromatic rings. The summed E-state index contributed by atoms with van der Waals surface area (Å²) in [4.78, 5) is 28.3. The maximum Gasteiger partial charge on any atom is 0.266 e. The zero-order valence-electron chi connectivity index (χ0n) is 18.5. The van der Waals surface area contributed by atoms with Crippen LogP contribution in [0.15, 0.2) is 61.2 Å². The molecule has 10 heteroatoms. The Morgan fingerprint density at radius 2 is 1.97 bits per heavy atom. The highest BCUT2D eigenvalue weighted by Gasteiger charge is 2.27. The smallest absolute Gasteiger partial charge is 0.266 e. The van der Waals surface area contributed by atoms with Gasteiger partial charge in [-0.3, -0.25) is 24.7 Å². The quantitative estimate of drug-likeness (QED) is 0.207. The third kappa shape index (κ3) is 5.80. The van der Waals surface area contributed by atoms with Crippen LogP contribution in [-0.2, 0) is 9.59 Å². The number of aromatic nitrogens is 3. The molecule has 2 heterocycles. The average molecular weight is 478 g/mol. The van der Waals surface area contributed by atoms with E-state index in [1.54, 1.807) is 52.0 Å². The van der Waals surface area contributed by atoms with Crippen LogP contribution in [0.1, 0.15) is 36.9 Å². The van der Waals surface area contributed by atoms with Crippen molar-refractivity contribution in [2.45, 2.75) is 31.2 Å². The van der Waals surface area contributed by atoms with Gasteiger partial charge >= 0.3 is 0 Å². The van der Waals surface area contributed by atoms with Crippen LogP contribution in [0.25, 0.3) is 17.2 Å². The van der Waals surface area contributed by atoms with Gasteiger partial charge in [0.05, 0.1) is 12.2 Å². The van der Waals surface area contributed by atoms with Gasteiger partial charge in [0, 0.05) is 47.0 Å². The molecule has 174 valence electrons. The molecule has 1 fully saturated rings. The summed E-state index contributed by atoms with van der Waals surface area (Å²) in [6.45, 7) is 1.09. The molecule has 4 rings (SSSR count). The van der Waals surface area contributed by atoms with Crippen molar-refractivity contribution in [2.24, 2.45) is 0 Å². The predicted molar refractivity (Wildman–Crippen MR) is 132 cm³/mol. The summed E-state index contributed by atoms with van der Waals surface area (Å²) < 4.78 is 15.6. The zero-order valence-corrected chi connectivity index (χ0v) is 19.6. The number of carbonyl (C=O) groups is 2. The number of amides is 2. The fraction of sp³-hybridized carbons (Fsp3) is 0.208. The summed E-state index contributed by atoms with van der Waals surface area (Å²) in [7, 11) is 1.78. The van der Waals surface area contributed by atoms with E-state index in [0.29, 0.717) is 17.3 Å². The summed E-state index contributed by atoms with van der Waals surface area (Å²) in [5.41, 5.74) is 3.58. The van der Waals surface area contributed by atoms with Gasteiger partial charge in [0.15, 0.2) is 5.41 Å². The molecule has 34 heavy (non-hydrogen) atoms. The van der Waals surface area contributed by atoms with Gasteiger partial charge in [0.2, 0.25) is 5.91 Å². The summed E-state index contributed by atoms with van der Waals surface area (Å²) in [5, 5.41) is 15.1. The van der Waals surface area contributed by atoms with Crippen molar-refractivity contribution in [3.63, 3.8) is 0 Å². The van der Waals surface area contributed by atoms with E-state index in [1.807, 2.05) is 23.1 Å². The molecule has 2 atom stereocenters. The highest BCUT2D eigenvalue weighted by molar-refractivity contribution is 7.20. The molecule has 0 bridgehead atoms. The molecule has 2 amide bonds. The number of benzene rings is 1. The summed E-state index contributed by atoms with van der Waals surface area (Å²) in [6.07, 6.45) is 12.6. The molecular formula is C24H24FN6O2P. The summed E-state index contributed by atoms with van der Waals surface area (Å²) >= 11 is 0. The lowest BCUT2D eigenvalue weighted by Gasteiger charge is -2.14. The molecule has 2 aromatic heterocycles. The van der Waals surface area contributed by atoms with Gasteiger partial charge in [-0.1, -0.05) is 9.24 Å². The Morgan fingerprint density at radius 3 is 2.65 bits per heavy atom. The number of amidine groups is 1. The molecule has 1 aliphatic carbocycles. The minimum Gasteiger partial charge on any atom is -0.323 e. The van der Waals surface area contributed by atoms with Gasteiger partial charge < -0.3 is 10.6 Å². The lowest BCUT2D eigenvalue weighted by atomic mass is 10.0. The van der Waals surface area contributed by atoms with E-state index in [1.165, 1.54) is 6.08 Å². The second-order valence-corrected chi connectivity index (χ2v) is 9.29. The molecule has 0 saturated heterocycles. The van der Waals surface area contributed by atoms with Crippen molar-refractivity contribution in [3.8, 4) is 11.1 Å². The van der Waals surface area contributed by atoms with Crippen LogP contribution in [-0.4, -0.2) is 37.8 Å². The van der Waals surface area contributed by atoms with Crippen LogP contribution in [0.3, 0.4) is 0 Å². The number of alkyl halides is 1. The van der Waals surface area contributed by atoms with Crippen LogP contribution in [0.4, 0.5) is 10.1 Å². The van der Waals surface area contributed by atoms with Gasteiger partial charge in [-0.15, -0.1) is 0 Å². The normalized spacial score (nSPS) is 15.0. The molecule has 3 N–H and O–H groups in total. The zero-order chi connectivity index (χ0) is 24.3. The minimum atomic E-state index is -2.17. The first-order valence-electron chi connectivity index (χ1n) is 10.7. The topological polar surface area (TPSA) is 113 Å². The molecule has 1 aromatic carbocycles. The third-order valence-electron chi connectivity index (χ3n) is 5.22. The number of nitrogens with zero attached hydrogens (tertiary/aromatic N) is 3. The number of carbonyl (C=O) groups excluding carboxylic acids is 2. The lowest BCUT2D eigenvalue weighted by Crippen LogP contribution is -2.40. The predicted octanol–water partition coefficient (Wildman–Crippen LogP) is 3.93. The first kappa shape index (κ1) is 23.4. The fourth-order valence-corrected chi connectivity index (χ4v) is 3.27. The van der Waals surface area contributed by atoms with E-state index >= 15 is 0 Å². The summed E-state index contributed by atoms with van der Waals surface area (Å²) in [5.74, 6) is -1.50. The lowest BCUT2D eigenvalue weighted by molar-refractivity contribution is -0.125. The number of hydrogen-bond donors (Lipinski definition) is 3. The molecular weight excluding hydrogens is 454 g/mol. The van der Waals surface area contributed by atoms with Crippen molar-refractivity contribution >= 4 is 38.7 Å². The summed E-state index contributed by atoms with van der Waals surface area (Å²) in [6, 6.07) is 8.67. The van der Waals surface area contributed by atoms with Crippen molar-refractivity contribution in [1.29, 1.82) is 5.41 Å². The van der Waals surface area contributed by atoms with Crippen molar-refractivity contribution in [2.75, 3.05) is 5.32 Å². The third-order valence-corrected chi connectivity index (χ3v) is 5.49. The maximum absolute atomic E-state index is 13.6. The van der Waals surface area contributed by atoms with Crippen LogP contribution in [0.5, 0.6) is 0 Å². The molecule has 1 aliphatic rings. The number of halogens is 1. The van der Waals surface area contributed by atoms with Crippen LogP contribution < -0.4 is 10.6 Å². The van der Waals surface area contributed by atoms with Gasteiger partial charge in [-0.2, -0.15) is 5.10 Å². The Bertz CT molecular complexity index is 1260. The Morgan fingerprint density at radius 1 is 1.24 bits per heavy atom. The van der Waals surface area contributed by atoms with Crippen molar-refractivity contribution < 1.29 is 14.0 Å². The van der Waals surface area contributed by atoms with E-state index in [2.05, 4.69) is 20.7 Å². The second-order valence-electron chi connectivity index (χ2n) is 8.21. The van der Waals surface area contributed by atoms with E-state index < -0.39 is 11.3 Å². The van der Waals surface area contributed by atoms with Crippen LogP contribution in [0, 0.1) is 5.41 Å². The van der Waals surface area contributed by atoms with E-state index in [9.17, 15) is 14.0 Å². The highest BCUT2D eigenvalue weighted by Crippen LogP contribution is 2.35. The first-order valence-corrected chi connectivity index (χ1v) is 11.2. The Labute approximate surface area is 198 Å². The molecule has 8 nitrogen and oxygen atoms in total. The Balaban J connectivity index is 1.39. The minimum absolute atomic E-state index is 0.233. The molecule has 0 aliphatic heterocycles. The molecule has 2 unspecified atom stereocenters. The SMILES string of the molecule is CC(F)(P)C(=O)NC(=N)c1ccc(NC(=O)/C=C/c2cnccc2-c2cnn(C3CC3)c2)cc1. The number of pyridine rings is 1. The monoisotopic (exact) mass is 478 g/mol. The fourth-order valence-electron chi connectivity index (χ4n) is 3.20. The van der Waals surface area contributed by atoms with Crippen molar-refractivity contribution in [3.05, 3.63) is 72.3 Å². The molecule has 0 radical (unpaired) electrons. The van der Waals surface area contributed by atoms with Crippen molar-refractivity contribution in [1.82, 2.24) is 20.1 Å². The number of rotatable bonds is 7. The second kappa shape index (κ2) is 9.65. The van der Waals surface area contributed by atoms with Crippen LogP contribution in [0.2, 0.25) is 0 Å². The molecule has 1 saturated carbocycles. The van der Waals surface area contributed by atoms with E-state index in [-0.39, 0.29) is 11.7 Å². The largest absolute Gasteiger partial charge is 0.323 e. The molecule has 0 spiro atoms. The maximum atomic E-state index is 13.6. The Hall–Kier alpha value is -3.71. The van der Waals surface area contributed by atoms with Gasteiger partial charge in [-0.05, 0) is 61.7 Å². The number of hydrogen-bond acceptors (Lipinski definition) is 5. The van der Waals surface area contributed by atoms with E-state index in [4.69, 9.17) is 5.41 Å². The standard InChI is InChI=1S/C24H24FN6O2P/c1-24(25,34)23(33)30-22(26)15-2-5-18(6-3-15)29-21(32)9-4-16-12-27-11-10-20(16)17-13-28-31(14-17)19-7-8-19/h2-6,9-14,19H,7-8,34H2,1H3,(H,29,32)(H2,26,30,33)/b9-4+. The van der Waals surface area contributed by atoms with Gasteiger partial charge in [-0.25, -0.2) is 4.39 Å². The number of anilines is 1. The number of nitrogens with one attached hydrogen (secondary N) is 3. The van der Waals surface area contributed by atoms with Gasteiger partial charge in [0.1, 0.15) is 5.84 Å². The van der Waals surface area contributed by atoms with E-state index in [0.717, 1.165) is 36.5 Å². The van der Waals surface area contributed by atoms with Gasteiger partial charge in [0.25, 0.3) is 5.91 Å². The Kier molecular flexibility index (Phi) is 6.65. The average Bonchev–Trinajstić information content (AvgIpc) is 3.54. The first-order chi connectivity index (χ1) is 16.2. The highest BCUT2D eigenvalue weighted by atomic mass is 31.0. The van der Waals surface area contributed by atoms with Crippen LogP contribution >= 0.6 is 9.24 Å².